The number of aromatic nitrogens is 1. The van der Waals surface area contributed by atoms with Gasteiger partial charge in [-0.15, -0.1) is 0 Å². The Hall–Kier alpha value is -3.58. The van der Waals surface area contributed by atoms with E-state index in [-0.39, 0.29) is 18.1 Å². The molecular weight excluding hydrogens is 500 g/mol. The molecule has 37 heavy (non-hydrogen) atoms. The number of hydrogen-bond donors (Lipinski definition) is 8. The van der Waals surface area contributed by atoms with Gasteiger partial charge in [0.05, 0.1) is 12.5 Å². The zero-order chi connectivity index (χ0) is 27.7. The molecule has 0 saturated carbocycles. The number of nitrogens with two attached hydrogens (primary N) is 2. The maximum Gasteiger partial charge on any atom is 0.326 e. The number of hydrogen-bond acceptors (Lipinski definition) is 7. The Bertz CT molecular complexity index is 1140. The van der Waals surface area contributed by atoms with Crippen molar-refractivity contribution in [1.82, 2.24) is 20.9 Å². The SMILES string of the molecule is CCC(C)C(N)C(=O)NC(CS)C(=O)NC(CC(N)=O)C(=O)NC(Cc1c[nH]c2ccccc12)C(=O)O. The topological polar surface area (TPSA) is 209 Å². The van der Waals surface area contributed by atoms with Crippen LogP contribution >= 0.6 is 12.6 Å². The summed E-state index contributed by atoms with van der Waals surface area (Å²) in [6.07, 6.45) is 1.66. The number of para-hydroxylation sites is 1. The highest BCUT2D eigenvalue weighted by atomic mass is 32.1. The zero-order valence-electron chi connectivity index (χ0n) is 20.7. The van der Waals surface area contributed by atoms with Gasteiger partial charge in [-0.2, -0.15) is 12.6 Å². The minimum atomic E-state index is -1.47. The van der Waals surface area contributed by atoms with Crippen LogP contribution in [-0.4, -0.2) is 69.6 Å². The molecule has 0 aliphatic rings. The van der Waals surface area contributed by atoms with Gasteiger partial charge in [0.2, 0.25) is 23.6 Å². The van der Waals surface area contributed by atoms with Crippen LogP contribution in [-0.2, 0) is 30.4 Å². The predicted octanol–water partition coefficient (Wildman–Crippen LogP) is -0.572. The molecule has 2 rings (SSSR count). The molecule has 4 amide bonds. The third-order valence-corrected chi connectivity index (χ3v) is 6.49. The van der Waals surface area contributed by atoms with Crippen molar-refractivity contribution < 1.29 is 29.1 Å². The van der Waals surface area contributed by atoms with Gasteiger partial charge in [0.15, 0.2) is 0 Å². The number of rotatable bonds is 14. The van der Waals surface area contributed by atoms with E-state index in [1.54, 1.807) is 19.2 Å². The minimum absolute atomic E-state index is 0.0504. The van der Waals surface area contributed by atoms with E-state index >= 15 is 0 Å². The number of carboxylic acids is 1. The smallest absolute Gasteiger partial charge is 0.326 e. The molecule has 0 radical (unpaired) electrons. The summed E-state index contributed by atoms with van der Waals surface area (Å²) in [6, 6.07) is 2.44. The minimum Gasteiger partial charge on any atom is -0.480 e. The molecule has 0 spiro atoms. The Labute approximate surface area is 219 Å². The molecule has 0 bridgehead atoms. The van der Waals surface area contributed by atoms with Crippen LogP contribution in [0.1, 0.15) is 32.3 Å². The van der Waals surface area contributed by atoms with Gasteiger partial charge in [0.25, 0.3) is 0 Å². The number of aromatic amines is 1. The average molecular weight is 535 g/mol. The largest absolute Gasteiger partial charge is 0.480 e. The van der Waals surface area contributed by atoms with E-state index in [4.69, 9.17) is 11.5 Å². The second-order valence-electron chi connectivity index (χ2n) is 8.85. The quantitative estimate of drug-likeness (QED) is 0.148. The van der Waals surface area contributed by atoms with Gasteiger partial charge in [-0.1, -0.05) is 38.5 Å². The molecule has 0 saturated heterocycles. The molecule has 5 atom stereocenters. The van der Waals surface area contributed by atoms with Gasteiger partial charge in [-0.3, -0.25) is 19.2 Å². The molecule has 1 aromatic heterocycles. The van der Waals surface area contributed by atoms with Crippen molar-refractivity contribution in [3.63, 3.8) is 0 Å². The Morgan fingerprint density at radius 2 is 1.59 bits per heavy atom. The van der Waals surface area contributed by atoms with Crippen LogP contribution in [0, 0.1) is 5.92 Å². The monoisotopic (exact) mass is 534 g/mol. The number of H-pyrrole nitrogens is 1. The summed E-state index contributed by atoms with van der Waals surface area (Å²) in [7, 11) is 0. The molecule has 2 aromatic rings. The summed E-state index contributed by atoms with van der Waals surface area (Å²) in [5.41, 5.74) is 12.6. The molecule has 1 aromatic carbocycles. The standard InChI is InChI=1S/C24H34N6O6S/c1-3-12(2)20(26)23(34)30-18(11-37)22(33)28-16(9-19(25)31)21(32)29-17(24(35)36)8-13-10-27-15-7-5-4-6-14(13)15/h4-7,10,12,16-18,20,27,37H,3,8-9,11,26H2,1-2H3,(H2,25,31)(H,28,33)(H,29,32)(H,30,34)(H,35,36). The van der Waals surface area contributed by atoms with E-state index in [1.165, 1.54) is 0 Å². The van der Waals surface area contributed by atoms with Crippen LogP contribution in [0.5, 0.6) is 0 Å². The maximum atomic E-state index is 13.0. The maximum absolute atomic E-state index is 13.0. The fourth-order valence-electron chi connectivity index (χ4n) is 3.65. The molecule has 0 fully saturated rings. The molecule has 9 N–H and O–H groups in total. The number of primary amides is 1. The van der Waals surface area contributed by atoms with Gasteiger partial charge < -0.3 is 37.5 Å². The number of thiol groups is 1. The second kappa shape index (κ2) is 13.7. The number of amides is 4. The van der Waals surface area contributed by atoms with Gasteiger partial charge in [-0.05, 0) is 17.5 Å². The van der Waals surface area contributed by atoms with Gasteiger partial charge >= 0.3 is 5.97 Å². The summed E-state index contributed by atoms with van der Waals surface area (Å²) >= 11 is 4.09. The first kappa shape index (κ1) is 29.6. The zero-order valence-corrected chi connectivity index (χ0v) is 21.6. The molecule has 13 heteroatoms. The lowest BCUT2D eigenvalue weighted by Crippen LogP contribution is -2.58. The molecule has 202 valence electrons. The third-order valence-electron chi connectivity index (χ3n) is 6.13. The van der Waals surface area contributed by atoms with Gasteiger partial charge in [-0.25, -0.2) is 4.79 Å². The van der Waals surface area contributed by atoms with Crippen molar-refractivity contribution in [1.29, 1.82) is 0 Å². The van der Waals surface area contributed by atoms with E-state index in [2.05, 4.69) is 33.6 Å². The van der Waals surface area contributed by atoms with Crippen LogP contribution in [0.25, 0.3) is 10.9 Å². The lowest BCUT2D eigenvalue weighted by atomic mass is 9.99. The first-order valence-electron chi connectivity index (χ1n) is 11.8. The van der Waals surface area contributed by atoms with Crippen molar-refractivity contribution in [2.75, 3.05) is 5.75 Å². The van der Waals surface area contributed by atoms with Crippen molar-refractivity contribution >= 4 is 53.1 Å². The number of aliphatic carboxylic acids is 1. The van der Waals surface area contributed by atoms with E-state index < -0.39 is 60.2 Å². The van der Waals surface area contributed by atoms with Crippen molar-refractivity contribution in [3.05, 3.63) is 36.0 Å². The normalized spacial score (nSPS) is 15.1. The number of benzene rings is 1. The summed E-state index contributed by atoms with van der Waals surface area (Å²) in [5.74, 6) is -4.74. The van der Waals surface area contributed by atoms with Crippen LogP contribution in [0.15, 0.2) is 30.5 Å². The highest BCUT2D eigenvalue weighted by molar-refractivity contribution is 7.80. The van der Waals surface area contributed by atoms with Crippen LogP contribution in [0.3, 0.4) is 0 Å². The highest BCUT2D eigenvalue weighted by Gasteiger charge is 2.31. The fourth-order valence-corrected chi connectivity index (χ4v) is 3.91. The molecule has 12 nitrogen and oxygen atoms in total. The number of carboxylic acid groups (broad SMARTS) is 1. The number of carbonyl (C=O) groups excluding carboxylic acids is 4. The first-order valence-corrected chi connectivity index (χ1v) is 12.4. The van der Waals surface area contributed by atoms with Gasteiger partial charge in [0.1, 0.15) is 18.1 Å². The fraction of sp³-hybridized carbons (Fsp3) is 0.458. The van der Waals surface area contributed by atoms with Crippen LogP contribution in [0.4, 0.5) is 0 Å². The first-order chi connectivity index (χ1) is 17.5. The Balaban J connectivity index is 2.13. The molecule has 5 unspecified atom stereocenters. The van der Waals surface area contributed by atoms with Crippen molar-refractivity contribution in [2.24, 2.45) is 17.4 Å². The molecule has 0 aliphatic carbocycles. The second-order valence-corrected chi connectivity index (χ2v) is 9.21. The highest BCUT2D eigenvalue weighted by Crippen LogP contribution is 2.19. The summed E-state index contributed by atoms with van der Waals surface area (Å²) in [5, 5.41) is 17.7. The van der Waals surface area contributed by atoms with Crippen LogP contribution in [0.2, 0.25) is 0 Å². The number of carbonyl (C=O) groups is 5. The molecule has 1 heterocycles. The number of nitrogens with one attached hydrogen (secondary N) is 4. The molecular formula is C24H34N6O6S. The van der Waals surface area contributed by atoms with Crippen molar-refractivity contribution in [2.45, 2.75) is 57.3 Å². The summed E-state index contributed by atoms with van der Waals surface area (Å²) in [6.45, 7) is 3.67. The lowest BCUT2D eigenvalue weighted by molar-refractivity contribution is -0.142. The van der Waals surface area contributed by atoms with Gasteiger partial charge in [0, 0.05) is 29.3 Å². The third kappa shape index (κ3) is 8.22. The lowest BCUT2D eigenvalue weighted by Gasteiger charge is -2.25. The number of fused-ring (bicyclic) bond motifs is 1. The van der Waals surface area contributed by atoms with Crippen molar-refractivity contribution in [3.8, 4) is 0 Å². The van der Waals surface area contributed by atoms with Crippen LogP contribution < -0.4 is 27.4 Å². The van der Waals surface area contributed by atoms with E-state index in [1.807, 2.05) is 25.1 Å². The summed E-state index contributed by atoms with van der Waals surface area (Å²) in [4.78, 5) is 64.7. The average Bonchev–Trinajstić information content (AvgIpc) is 3.27. The van der Waals surface area contributed by atoms with E-state index in [0.29, 0.717) is 12.0 Å². The van der Waals surface area contributed by atoms with E-state index in [0.717, 1.165) is 10.9 Å². The Kier molecular flexibility index (Phi) is 10.9. The molecule has 0 aliphatic heterocycles. The Morgan fingerprint density at radius 3 is 2.19 bits per heavy atom. The Morgan fingerprint density at radius 1 is 1.00 bits per heavy atom. The summed E-state index contributed by atoms with van der Waals surface area (Å²) < 4.78 is 0. The van der Waals surface area contributed by atoms with E-state index in [9.17, 15) is 29.1 Å². The predicted molar refractivity (Wildman–Crippen MR) is 141 cm³/mol.